The Balaban J connectivity index is 1.96. The molecule has 4 aromatic rings. The number of nitriles is 3. The van der Waals surface area contributed by atoms with E-state index in [0.717, 1.165) is 16.7 Å². The molecule has 39 heavy (non-hydrogen) atoms. The quantitative estimate of drug-likeness (QED) is 0.242. The summed E-state index contributed by atoms with van der Waals surface area (Å²) in [6.07, 6.45) is 10.1. The van der Waals surface area contributed by atoms with Crippen LogP contribution in [0.1, 0.15) is 50.1 Å². The molecule has 3 N–H and O–H groups in total. The zero-order valence-corrected chi connectivity index (χ0v) is 20.6. The minimum absolute atomic E-state index is 0.115. The van der Waals surface area contributed by atoms with E-state index in [9.17, 15) is 31.1 Å². The molecule has 0 aliphatic carbocycles. The lowest BCUT2D eigenvalue weighted by molar-refractivity contribution is 0.474. The lowest BCUT2D eigenvalue weighted by Crippen LogP contribution is -2.02. The van der Waals surface area contributed by atoms with Crippen LogP contribution in [0.25, 0.3) is 36.5 Å². The maximum absolute atomic E-state index is 10.2. The highest BCUT2D eigenvalue weighted by atomic mass is 16.3. The first kappa shape index (κ1) is 26.0. The summed E-state index contributed by atoms with van der Waals surface area (Å²) in [5.41, 5.74) is 3.76. The van der Waals surface area contributed by atoms with Crippen LogP contribution < -0.4 is 0 Å². The number of hydrogen-bond acceptors (Lipinski definition) is 6. The van der Waals surface area contributed by atoms with Crippen molar-refractivity contribution in [2.75, 3.05) is 0 Å². The molecule has 186 valence electrons. The van der Waals surface area contributed by atoms with Gasteiger partial charge in [-0.1, -0.05) is 72.9 Å². The van der Waals surface area contributed by atoms with Crippen molar-refractivity contribution in [3.8, 4) is 35.5 Å². The second kappa shape index (κ2) is 11.8. The molecular formula is C33H21N3O3. The van der Waals surface area contributed by atoms with Crippen molar-refractivity contribution in [1.82, 2.24) is 0 Å². The zero-order chi connectivity index (χ0) is 27.8. The lowest BCUT2D eigenvalue weighted by Gasteiger charge is -2.13. The van der Waals surface area contributed by atoms with Crippen LogP contribution in [0.15, 0.2) is 72.8 Å². The molecular weight excluding hydrogens is 486 g/mol. The first-order valence-electron chi connectivity index (χ1n) is 11.8. The highest BCUT2D eigenvalue weighted by Gasteiger charge is 2.20. The highest BCUT2D eigenvalue weighted by molar-refractivity contribution is 5.90. The van der Waals surface area contributed by atoms with Gasteiger partial charge in [-0.15, -0.1) is 0 Å². The fourth-order valence-electron chi connectivity index (χ4n) is 3.97. The summed E-state index contributed by atoms with van der Waals surface area (Å²) in [7, 11) is 0. The highest BCUT2D eigenvalue weighted by Crippen LogP contribution is 2.32. The summed E-state index contributed by atoms with van der Waals surface area (Å²) < 4.78 is 0. The van der Waals surface area contributed by atoms with Gasteiger partial charge in [-0.25, -0.2) is 0 Å². The summed E-state index contributed by atoms with van der Waals surface area (Å²) in [6, 6.07) is 25.9. The molecule has 0 spiro atoms. The molecule has 0 fully saturated rings. The van der Waals surface area contributed by atoms with Crippen LogP contribution in [0.5, 0.6) is 17.2 Å². The molecule has 0 unspecified atom stereocenters. The van der Waals surface area contributed by atoms with Crippen molar-refractivity contribution in [2.24, 2.45) is 0 Å². The summed E-state index contributed by atoms with van der Waals surface area (Å²) in [5.74, 6) is 0.345. The van der Waals surface area contributed by atoms with E-state index >= 15 is 0 Å². The van der Waals surface area contributed by atoms with Crippen LogP contribution >= 0.6 is 0 Å². The Morgan fingerprint density at radius 1 is 0.385 bits per heavy atom. The van der Waals surface area contributed by atoms with E-state index < -0.39 is 0 Å². The van der Waals surface area contributed by atoms with Crippen molar-refractivity contribution in [2.45, 2.75) is 0 Å². The van der Waals surface area contributed by atoms with E-state index in [-0.39, 0.29) is 33.9 Å². The van der Waals surface area contributed by atoms with Gasteiger partial charge in [0.15, 0.2) is 0 Å². The topological polar surface area (TPSA) is 132 Å². The average Bonchev–Trinajstić information content (AvgIpc) is 2.95. The fourth-order valence-corrected chi connectivity index (χ4v) is 3.97. The second-order valence-electron chi connectivity index (χ2n) is 8.48. The summed E-state index contributed by atoms with van der Waals surface area (Å²) in [5, 5.41) is 59.3. The number of nitrogens with zero attached hydrogens (tertiary/aromatic N) is 3. The normalized spacial score (nSPS) is 11.0. The molecule has 4 aromatic carbocycles. The molecule has 0 heterocycles. The summed E-state index contributed by atoms with van der Waals surface area (Å²) in [4.78, 5) is 0. The first-order valence-corrected chi connectivity index (χ1v) is 11.8. The first-order chi connectivity index (χ1) is 18.9. The largest absolute Gasteiger partial charge is 0.508 e. The van der Waals surface area contributed by atoms with Gasteiger partial charge in [-0.05, 0) is 53.1 Å². The van der Waals surface area contributed by atoms with Gasteiger partial charge in [-0.2, -0.15) is 15.8 Å². The molecule has 0 aromatic heterocycles. The molecule has 0 bridgehead atoms. The number of hydrogen-bond donors (Lipinski definition) is 3. The number of rotatable bonds is 6. The minimum atomic E-state index is 0.115. The monoisotopic (exact) mass is 507 g/mol. The lowest BCUT2D eigenvalue weighted by atomic mass is 9.86. The maximum atomic E-state index is 10.2. The van der Waals surface area contributed by atoms with E-state index in [1.54, 1.807) is 72.9 Å². The van der Waals surface area contributed by atoms with Crippen molar-refractivity contribution < 1.29 is 15.3 Å². The van der Waals surface area contributed by atoms with Crippen molar-refractivity contribution in [3.05, 3.63) is 123 Å². The van der Waals surface area contributed by atoms with Gasteiger partial charge in [0.25, 0.3) is 0 Å². The zero-order valence-electron chi connectivity index (χ0n) is 20.6. The molecule has 4 rings (SSSR count). The molecule has 0 radical (unpaired) electrons. The molecule has 6 heteroatoms. The molecule has 0 aliphatic rings. The smallest absolute Gasteiger partial charge is 0.115 e. The standard InChI is InChI=1S/C33H21N3O3/c34-19-31-28(16-7-22-1-10-25(37)11-2-22)32(20-35)30(18-9-24-5-14-27(39)15-6-24)33(21-36)29(31)17-8-23-3-12-26(38)13-4-23/h1-18,37-39H/b16-7+,17-8+,18-9+. The van der Waals surface area contributed by atoms with Crippen LogP contribution in [-0.2, 0) is 0 Å². The van der Waals surface area contributed by atoms with E-state index in [1.807, 2.05) is 0 Å². The SMILES string of the molecule is N#Cc1c(/C=C/c2ccc(O)cc2)c(C#N)c(/C=C/c2ccc(O)cc2)c(C#N)c1/C=C/c1ccc(O)cc1. The van der Waals surface area contributed by atoms with E-state index in [4.69, 9.17) is 0 Å². The van der Waals surface area contributed by atoms with Crippen LogP contribution in [-0.4, -0.2) is 15.3 Å². The Morgan fingerprint density at radius 3 is 0.821 bits per heavy atom. The molecule has 0 aliphatic heterocycles. The van der Waals surface area contributed by atoms with Crippen LogP contribution in [0.2, 0.25) is 0 Å². The summed E-state index contributed by atoms with van der Waals surface area (Å²) >= 11 is 0. The van der Waals surface area contributed by atoms with Gasteiger partial charge in [0, 0.05) is 16.7 Å². The molecule has 0 amide bonds. The van der Waals surface area contributed by atoms with Crippen LogP contribution in [0.4, 0.5) is 0 Å². The van der Waals surface area contributed by atoms with Crippen LogP contribution in [0.3, 0.4) is 0 Å². The number of phenols is 3. The maximum Gasteiger partial charge on any atom is 0.115 e. The predicted molar refractivity (Wildman–Crippen MR) is 152 cm³/mol. The van der Waals surface area contributed by atoms with E-state index in [1.165, 1.54) is 36.4 Å². The molecule has 0 saturated carbocycles. The Hall–Kier alpha value is -6.03. The third-order valence-electron chi connectivity index (χ3n) is 5.96. The second-order valence-corrected chi connectivity index (χ2v) is 8.48. The van der Waals surface area contributed by atoms with Crippen molar-refractivity contribution in [1.29, 1.82) is 15.8 Å². The van der Waals surface area contributed by atoms with Crippen molar-refractivity contribution >= 4 is 36.5 Å². The van der Waals surface area contributed by atoms with Gasteiger partial charge in [0.2, 0.25) is 0 Å². The molecule has 0 atom stereocenters. The fraction of sp³-hybridized carbons (Fsp3) is 0. The average molecular weight is 508 g/mol. The van der Waals surface area contributed by atoms with E-state index in [0.29, 0.717) is 16.7 Å². The third-order valence-corrected chi connectivity index (χ3v) is 5.96. The number of phenolic OH excluding ortho intramolecular Hbond substituents is 3. The minimum Gasteiger partial charge on any atom is -0.508 e. The third kappa shape index (κ3) is 6.04. The number of aromatic hydroxyl groups is 3. The predicted octanol–water partition coefficient (Wildman–Crippen LogP) is 6.93. The van der Waals surface area contributed by atoms with Gasteiger partial charge in [0.05, 0.1) is 16.7 Å². The van der Waals surface area contributed by atoms with Crippen LogP contribution in [0, 0.1) is 34.0 Å². The molecule has 6 nitrogen and oxygen atoms in total. The van der Waals surface area contributed by atoms with Gasteiger partial charge in [0.1, 0.15) is 35.5 Å². The Kier molecular flexibility index (Phi) is 7.88. The Bertz CT molecular complexity index is 1500. The number of benzene rings is 4. The van der Waals surface area contributed by atoms with Gasteiger partial charge < -0.3 is 15.3 Å². The summed E-state index contributed by atoms with van der Waals surface area (Å²) in [6.45, 7) is 0. The Morgan fingerprint density at radius 2 is 0.615 bits per heavy atom. The van der Waals surface area contributed by atoms with E-state index in [2.05, 4.69) is 18.2 Å². The van der Waals surface area contributed by atoms with Gasteiger partial charge in [-0.3, -0.25) is 0 Å². The Labute approximate surface area is 225 Å². The van der Waals surface area contributed by atoms with Gasteiger partial charge >= 0.3 is 0 Å². The van der Waals surface area contributed by atoms with Crippen molar-refractivity contribution in [3.63, 3.8) is 0 Å². The molecule has 0 saturated heterocycles.